The first-order valence-electron chi connectivity index (χ1n) is 5.02. The van der Waals surface area contributed by atoms with Gasteiger partial charge >= 0.3 is 0 Å². The molecule has 1 aliphatic rings. The van der Waals surface area contributed by atoms with Crippen LogP contribution in [0, 0.1) is 11.6 Å². The molecular formula is C11H13F2NO. The van der Waals surface area contributed by atoms with Crippen LogP contribution < -0.4 is 5.32 Å². The summed E-state index contributed by atoms with van der Waals surface area (Å²) in [5.74, 6) is -1.22. The number of aliphatic hydroxyl groups excluding tert-OH is 1. The van der Waals surface area contributed by atoms with Crippen molar-refractivity contribution in [3.63, 3.8) is 0 Å². The largest absolute Gasteiger partial charge is 0.394 e. The Kier molecular flexibility index (Phi) is 2.98. The zero-order valence-electron chi connectivity index (χ0n) is 8.21. The standard InChI is InChI=1S/C11H13F2NO/c12-8-3-7(4-9(13)5-8)11(6-15)14-10-1-2-10/h3-5,10-11,14-15H,1-2,6H2. The molecule has 1 fully saturated rings. The summed E-state index contributed by atoms with van der Waals surface area (Å²) < 4.78 is 25.9. The first-order chi connectivity index (χ1) is 7.19. The van der Waals surface area contributed by atoms with Gasteiger partial charge in [0, 0.05) is 12.1 Å². The van der Waals surface area contributed by atoms with Gasteiger partial charge in [-0.1, -0.05) is 0 Å². The van der Waals surface area contributed by atoms with Gasteiger partial charge in [-0.15, -0.1) is 0 Å². The van der Waals surface area contributed by atoms with E-state index >= 15 is 0 Å². The summed E-state index contributed by atoms with van der Waals surface area (Å²) in [5.41, 5.74) is 0.460. The molecule has 0 aliphatic heterocycles. The third kappa shape index (κ3) is 2.73. The van der Waals surface area contributed by atoms with E-state index in [-0.39, 0.29) is 12.6 Å². The first-order valence-corrected chi connectivity index (χ1v) is 5.02. The molecule has 15 heavy (non-hydrogen) atoms. The van der Waals surface area contributed by atoms with E-state index in [9.17, 15) is 8.78 Å². The molecular weight excluding hydrogens is 200 g/mol. The molecule has 0 saturated heterocycles. The van der Waals surface area contributed by atoms with Crippen LogP contribution in [0.15, 0.2) is 18.2 Å². The molecule has 1 aromatic carbocycles. The van der Waals surface area contributed by atoms with Gasteiger partial charge in [-0.05, 0) is 30.5 Å². The van der Waals surface area contributed by atoms with Gasteiger partial charge in [0.2, 0.25) is 0 Å². The number of hydrogen-bond acceptors (Lipinski definition) is 2. The van der Waals surface area contributed by atoms with Crippen molar-refractivity contribution in [2.45, 2.75) is 24.9 Å². The van der Waals surface area contributed by atoms with E-state index in [2.05, 4.69) is 5.32 Å². The molecule has 0 heterocycles. The molecule has 0 aromatic heterocycles. The summed E-state index contributed by atoms with van der Waals surface area (Å²) in [6.45, 7) is -0.153. The topological polar surface area (TPSA) is 32.3 Å². The number of halogens is 2. The fourth-order valence-electron chi connectivity index (χ4n) is 1.57. The van der Waals surface area contributed by atoms with Crippen LogP contribution in [-0.4, -0.2) is 17.8 Å². The smallest absolute Gasteiger partial charge is 0.126 e. The lowest BCUT2D eigenvalue weighted by Gasteiger charge is -2.16. The molecule has 1 aromatic rings. The molecule has 1 unspecified atom stereocenters. The van der Waals surface area contributed by atoms with Crippen LogP contribution in [0.4, 0.5) is 8.78 Å². The van der Waals surface area contributed by atoms with E-state index in [1.165, 1.54) is 12.1 Å². The highest BCUT2D eigenvalue weighted by Gasteiger charge is 2.25. The number of aliphatic hydroxyl groups is 1. The van der Waals surface area contributed by atoms with Gasteiger partial charge in [-0.3, -0.25) is 0 Å². The highest BCUT2D eigenvalue weighted by molar-refractivity contribution is 5.22. The molecule has 0 amide bonds. The normalized spacial score (nSPS) is 17.8. The highest BCUT2D eigenvalue weighted by atomic mass is 19.1. The first kappa shape index (κ1) is 10.5. The Bertz CT molecular complexity index is 332. The summed E-state index contributed by atoms with van der Waals surface area (Å²) in [6.07, 6.45) is 2.13. The second-order valence-electron chi connectivity index (χ2n) is 3.88. The molecule has 82 valence electrons. The maximum Gasteiger partial charge on any atom is 0.126 e. The number of hydrogen-bond donors (Lipinski definition) is 2. The Morgan fingerprint density at radius 1 is 1.27 bits per heavy atom. The molecule has 1 aliphatic carbocycles. The summed E-state index contributed by atoms with van der Waals surface area (Å²) in [5, 5.41) is 12.3. The second kappa shape index (κ2) is 4.24. The van der Waals surface area contributed by atoms with Crippen molar-refractivity contribution in [3.05, 3.63) is 35.4 Å². The zero-order chi connectivity index (χ0) is 10.8. The fourth-order valence-corrected chi connectivity index (χ4v) is 1.57. The molecule has 2 N–H and O–H groups in total. The molecule has 1 saturated carbocycles. The average Bonchev–Trinajstić information content (AvgIpc) is 2.96. The van der Waals surface area contributed by atoms with E-state index in [0.29, 0.717) is 11.6 Å². The summed E-state index contributed by atoms with van der Waals surface area (Å²) >= 11 is 0. The lowest BCUT2D eigenvalue weighted by atomic mass is 10.1. The minimum atomic E-state index is -0.610. The van der Waals surface area contributed by atoms with Crippen molar-refractivity contribution in [2.75, 3.05) is 6.61 Å². The monoisotopic (exact) mass is 213 g/mol. The Morgan fingerprint density at radius 3 is 2.33 bits per heavy atom. The highest BCUT2D eigenvalue weighted by Crippen LogP contribution is 2.24. The van der Waals surface area contributed by atoms with Gasteiger partial charge in [0.05, 0.1) is 12.6 Å². The van der Waals surface area contributed by atoms with Gasteiger partial charge in [0.15, 0.2) is 0 Å². The van der Waals surface area contributed by atoms with Crippen molar-refractivity contribution in [3.8, 4) is 0 Å². The maximum atomic E-state index is 12.9. The fraction of sp³-hybridized carbons (Fsp3) is 0.455. The van der Waals surface area contributed by atoms with Crippen LogP contribution in [0.1, 0.15) is 24.4 Å². The van der Waals surface area contributed by atoms with E-state index in [0.717, 1.165) is 18.9 Å². The predicted molar refractivity (Wildman–Crippen MR) is 52.3 cm³/mol. The zero-order valence-corrected chi connectivity index (χ0v) is 8.21. The molecule has 2 rings (SSSR count). The molecule has 4 heteroatoms. The lowest BCUT2D eigenvalue weighted by Crippen LogP contribution is -2.26. The minimum Gasteiger partial charge on any atom is -0.394 e. The van der Waals surface area contributed by atoms with Crippen LogP contribution in [0.25, 0.3) is 0 Å². The van der Waals surface area contributed by atoms with Gasteiger partial charge in [0.25, 0.3) is 0 Å². The quantitative estimate of drug-likeness (QED) is 0.798. The van der Waals surface area contributed by atoms with Gasteiger partial charge < -0.3 is 10.4 Å². The van der Waals surface area contributed by atoms with Crippen molar-refractivity contribution >= 4 is 0 Å². The average molecular weight is 213 g/mol. The SMILES string of the molecule is OCC(NC1CC1)c1cc(F)cc(F)c1. The van der Waals surface area contributed by atoms with Crippen molar-refractivity contribution in [1.29, 1.82) is 0 Å². The van der Waals surface area contributed by atoms with Crippen LogP contribution >= 0.6 is 0 Å². The molecule has 0 spiro atoms. The number of rotatable bonds is 4. The summed E-state index contributed by atoms with van der Waals surface area (Å²) in [4.78, 5) is 0. The summed E-state index contributed by atoms with van der Waals surface area (Å²) in [6, 6.07) is 3.34. The van der Waals surface area contributed by atoms with Gasteiger partial charge in [0.1, 0.15) is 11.6 Å². The third-order valence-corrected chi connectivity index (χ3v) is 2.48. The minimum absolute atomic E-state index is 0.153. The van der Waals surface area contributed by atoms with Gasteiger partial charge in [-0.25, -0.2) is 8.78 Å². The molecule has 0 radical (unpaired) electrons. The maximum absolute atomic E-state index is 12.9. The van der Waals surface area contributed by atoms with E-state index in [4.69, 9.17) is 5.11 Å². The third-order valence-electron chi connectivity index (χ3n) is 2.48. The van der Waals surface area contributed by atoms with E-state index in [1.54, 1.807) is 0 Å². The van der Waals surface area contributed by atoms with Crippen LogP contribution in [-0.2, 0) is 0 Å². The van der Waals surface area contributed by atoms with Crippen molar-refractivity contribution in [1.82, 2.24) is 5.32 Å². The van der Waals surface area contributed by atoms with Gasteiger partial charge in [-0.2, -0.15) is 0 Å². The Labute approximate surface area is 86.9 Å². The number of benzene rings is 1. The number of nitrogens with one attached hydrogen (secondary N) is 1. The molecule has 2 nitrogen and oxygen atoms in total. The lowest BCUT2D eigenvalue weighted by molar-refractivity contribution is 0.243. The van der Waals surface area contributed by atoms with Crippen LogP contribution in [0.2, 0.25) is 0 Å². The Morgan fingerprint density at radius 2 is 1.87 bits per heavy atom. The van der Waals surface area contributed by atoms with Crippen molar-refractivity contribution < 1.29 is 13.9 Å². The summed E-state index contributed by atoms with van der Waals surface area (Å²) in [7, 11) is 0. The van der Waals surface area contributed by atoms with E-state index < -0.39 is 11.6 Å². The van der Waals surface area contributed by atoms with Crippen molar-refractivity contribution in [2.24, 2.45) is 0 Å². The van der Waals surface area contributed by atoms with Crippen LogP contribution in [0.5, 0.6) is 0 Å². The second-order valence-corrected chi connectivity index (χ2v) is 3.88. The van der Waals surface area contributed by atoms with Crippen LogP contribution in [0.3, 0.4) is 0 Å². The molecule has 1 atom stereocenters. The Hall–Kier alpha value is -1.00. The Balaban J connectivity index is 2.16. The predicted octanol–water partition coefficient (Wildman–Crippen LogP) is 1.75. The van der Waals surface area contributed by atoms with E-state index in [1.807, 2.05) is 0 Å². The molecule has 0 bridgehead atoms.